The highest BCUT2D eigenvalue weighted by Gasteiger charge is 2.45. The van der Waals surface area contributed by atoms with Gasteiger partial charge < -0.3 is 55.5 Å². The number of aromatic hydroxyl groups is 3. The van der Waals surface area contributed by atoms with E-state index >= 15 is 0 Å². The minimum absolute atomic E-state index is 0.00959. The topological polar surface area (TPSA) is 186 Å². The average Bonchev–Trinajstić information content (AvgIpc) is 3.67. The van der Waals surface area contributed by atoms with E-state index in [2.05, 4.69) is 16.4 Å². The number of nitrogens with one attached hydrogen (secondary N) is 1. The number of aliphatic hydroxyl groups is 4. The molecule has 2 saturated carbocycles. The zero-order chi connectivity index (χ0) is 36.9. The first kappa shape index (κ1) is 38.4. The van der Waals surface area contributed by atoms with Gasteiger partial charge in [-0.05, 0) is 124 Å². The van der Waals surface area contributed by atoms with Crippen molar-refractivity contribution < 1.29 is 45.2 Å². The summed E-state index contributed by atoms with van der Waals surface area (Å²) < 4.78 is 12.5. The number of methoxy groups -OCH3 is 1. The molecule has 0 unspecified atom stereocenters. The molecule has 3 aliphatic rings. The number of nitrogens with zero attached hydrogens (tertiary/aromatic N) is 1. The molecule has 0 amide bonds. The Morgan fingerprint density at radius 1 is 1.00 bits per heavy atom. The summed E-state index contributed by atoms with van der Waals surface area (Å²) in [5.41, 5.74) is 4.05. The van der Waals surface area contributed by atoms with Crippen LogP contribution in [-0.4, -0.2) is 81.4 Å². The van der Waals surface area contributed by atoms with Crippen LogP contribution in [0.4, 0.5) is 0 Å². The second-order valence-corrected chi connectivity index (χ2v) is 15.3. The van der Waals surface area contributed by atoms with Crippen LogP contribution in [0.3, 0.4) is 0 Å². The highest BCUT2D eigenvalue weighted by Crippen LogP contribution is 2.53. The maximum Gasteiger partial charge on any atom is 0.201 e. The molecule has 9 atom stereocenters. The molecule has 0 radical (unpaired) electrons. The molecule has 2 heterocycles. The Morgan fingerprint density at radius 3 is 2.54 bits per heavy atom. The van der Waals surface area contributed by atoms with E-state index in [0.717, 1.165) is 61.8 Å². The van der Waals surface area contributed by atoms with Crippen molar-refractivity contribution in [3.05, 3.63) is 70.0 Å². The lowest BCUT2D eigenvalue weighted by molar-refractivity contribution is -0.154. The number of aromatic nitrogens is 1. The number of benzene rings is 2. The Balaban J connectivity index is 1.29. The summed E-state index contributed by atoms with van der Waals surface area (Å²) in [7, 11) is 3.38. The number of phenolic OH excluding ortho intramolecular Hbond substituents is 2. The molecule has 2 aliphatic carbocycles. The van der Waals surface area contributed by atoms with Gasteiger partial charge in [0.1, 0.15) is 5.75 Å². The molecule has 0 bridgehead atoms. The standard InChI is InChI=1S/C41H57N2O9/c1-42-13-11-23-5-8-27(33(46)4-3-15-44)29(16-23)30-18-25(7-10-34(30)47)26-6-9-28-35(48)20-37(52-36(28)19-26)38-31(17-24-12-14-43-21-24)41(51-2)40(50)39(49)32(38)22-45/h7,10,12,14,18,21,23,26-29,33,35-37,42,44-50H,3-6,8-9,11,13,15-17,19-20,22H2,1-2H3/q-1/t23-,26-,27-,28+,29+,33+,35-,36-,37-/m0/s1. The van der Waals surface area contributed by atoms with Gasteiger partial charge in [0.25, 0.3) is 0 Å². The van der Waals surface area contributed by atoms with E-state index in [4.69, 9.17) is 9.47 Å². The second-order valence-electron chi connectivity index (χ2n) is 15.3. The molecule has 1 aliphatic heterocycles. The number of phenols is 3. The van der Waals surface area contributed by atoms with Gasteiger partial charge in [0.05, 0.1) is 38.1 Å². The maximum atomic E-state index is 11.6. The fourth-order valence-electron chi connectivity index (χ4n) is 9.65. The van der Waals surface area contributed by atoms with Gasteiger partial charge in [0.2, 0.25) is 5.75 Å². The Morgan fingerprint density at radius 2 is 1.83 bits per heavy atom. The van der Waals surface area contributed by atoms with Gasteiger partial charge in [-0.3, -0.25) is 0 Å². The zero-order valence-electron chi connectivity index (χ0n) is 30.5. The summed E-state index contributed by atoms with van der Waals surface area (Å²) in [5, 5.41) is 79.2. The fourth-order valence-corrected chi connectivity index (χ4v) is 9.65. The summed E-state index contributed by atoms with van der Waals surface area (Å²) in [4.78, 5) is 4.17. The Kier molecular flexibility index (Phi) is 12.7. The summed E-state index contributed by atoms with van der Waals surface area (Å²) in [6.07, 6.45) is 8.84. The number of ether oxygens (including phenoxy) is 2. The van der Waals surface area contributed by atoms with E-state index in [1.807, 2.05) is 19.2 Å². The second kappa shape index (κ2) is 17.2. The van der Waals surface area contributed by atoms with Crippen molar-refractivity contribution in [2.24, 2.45) is 17.8 Å². The predicted octanol–water partition coefficient (Wildman–Crippen LogP) is 4.87. The van der Waals surface area contributed by atoms with Gasteiger partial charge in [0.15, 0.2) is 11.5 Å². The lowest BCUT2D eigenvalue weighted by atomic mass is 9.66. The molecular weight excluding hydrogens is 664 g/mol. The van der Waals surface area contributed by atoms with Crippen molar-refractivity contribution in [1.82, 2.24) is 10.3 Å². The molecule has 52 heavy (non-hydrogen) atoms. The first-order valence-electron chi connectivity index (χ1n) is 19.1. The highest BCUT2D eigenvalue weighted by molar-refractivity contribution is 5.64. The zero-order valence-corrected chi connectivity index (χ0v) is 30.5. The van der Waals surface area contributed by atoms with Crippen LogP contribution in [0.15, 0.2) is 36.7 Å². The molecule has 6 rings (SSSR count). The number of fused-ring (bicyclic) bond motifs is 1. The highest BCUT2D eigenvalue weighted by atomic mass is 16.5. The number of aliphatic hydroxyl groups excluding tert-OH is 4. The largest absolute Gasteiger partial charge is 0.670 e. The molecular formula is C41H57N2O9-. The van der Waals surface area contributed by atoms with Crippen LogP contribution in [0.2, 0.25) is 0 Å². The maximum absolute atomic E-state index is 11.6. The SMILES string of the molecule is CNCC[C@@H]1CC[C@H]([C@H](O)CCCO)[C@H](c2cc([C@H]3CC[C@H]4[C@H](C3)O[C@H](c3c(CO)c(O)c(O)c(OC)c3Cc3cc[n-]c3)C[C@@H]4O)ccc2O)C1. The van der Waals surface area contributed by atoms with E-state index in [1.165, 1.54) is 7.11 Å². The van der Waals surface area contributed by atoms with Gasteiger partial charge in [-0.1, -0.05) is 23.8 Å². The first-order valence-corrected chi connectivity index (χ1v) is 19.1. The van der Waals surface area contributed by atoms with Gasteiger partial charge in [0, 0.05) is 30.1 Å². The molecule has 1 saturated heterocycles. The molecule has 0 spiro atoms. The normalized spacial score (nSPS) is 28.3. The third kappa shape index (κ3) is 7.95. The molecule has 11 heteroatoms. The van der Waals surface area contributed by atoms with Crippen LogP contribution in [0.1, 0.15) is 116 Å². The van der Waals surface area contributed by atoms with Gasteiger partial charge in [-0.15, -0.1) is 0 Å². The fraction of sp³-hybridized carbons (Fsp3) is 0.610. The van der Waals surface area contributed by atoms with Crippen molar-refractivity contribution in [2.45, 2.75) is 113 Å². The lowest BCUT2D eigenvalue weighted by Crippen LogP contribution is -2.44. The molecule has 11 nitrogen and oxygen atoms in total. The van der Waals surface area contributed by atoms with E-state index in [1.54, 1.807) is 18.5 Å². The van der Waals surface area contributed by atoms with Crippen LogP contribution in [0, 0.1) is 17.8 Å². The molecule has 3 aromatic rings. The third-order valence-electron chi connectivity index (χ3n) is 12.4. The molecule has 286 valence electrons. The number of hydrogen-bond donors (Lipinski definition) is 8. The summed E-state index contributed by atoms with van der Waals surface area (Å²) in [5.74, 6) is -0.106. The molecule has 1 aromatic heterocycles. The van der Waals surface area contributed by atoms with Crippen molar-refractivity contribution in [3.8, 4) is 23.0 Å². The summed E-state index contributed by atoms with van der Waals surface area (Å²) in [6, 6.07) is 7.75. The van der Waals surface area contributed by atoms with Crippen molar-refractivity contribution in [3.63, 3.8) is 0 Å². The van der Waals surface area contributed by atoms with Crippen LogP contribution in [0.25, 0.3) is 0 Å². The van der Waals surface area contributed by atoms with E-state index < -0.39 is 36.4 Å². The Hall–Kier alpha value is -3.32. The van der Waals surface area contributed by atoms with Crippen LogP contribution >= 0.6 is 0 Å². The Bertz CT molecular complexity index is 1610. The quantitative estimate of drug-likeness (QED) is 0.106. The van der Waals surface area contributed by atoms with Crippen LogP contribution in [0.5, 0.6) is 23.0 Å². The van der Waals surface area contributed by atoms with Crippen molar-refractivity contribution in [1.29, 1.82) is 0 Å². The van der Waals surface area contributed by atoms with Crippen molar-refractivity contribution in [2.75, 3.05) is 27.3 Å². The lowest BCUT2D eigenvalue weighted by Gasteiger charge is -2.46. The Labute approximate surface area is 306 Å². The van der Waals surface area contributed by atoms with Crippen molar-refractivity contribution >= 4 is 0 Å². The predicted molar refractivity (Wildman–Crippen MR) is 196 cm³/mol. The minimum atomic E-state index is -0.681. The molecule has 3 fully saturated rings. The first-order chi connectivity index (χ1) is 25.2. The van der Waals surface area contributed by atoms with Crippen LogP contribution < -0.4 is 15.0 Å². The summed E-state index contributed by atoms with van der Waals surface area (Å²) in [6.45, 7) is 0.416. The minimum Gasteiger partial charge on any atom is -0.670 e. The smallest absolute Gasteiger partial charge is 0.201 e. The molecule has 2 aromatic carbocycles. The monoisotopic (exact) mass is 721 g/mol. The number of hydrogen-bond acceptors (Lipinski definition) is 10. The van der Waals surface area contributed by atoms with E-state index in [9.17, 15) is 35.7 Å². The summed E-state index contributed by atoms with van der Waals surface area (Å²) >= 11 is 0. The van der Waals surface area contributed by atoms with Crippen LogP contribution in [-0.2, 0) is 17.8 Å². The molecule has 8 N–H and O–H groups in total. The van der Waals surface area contributed by atoms with E-state index in [-0.39, 0.29) is 59.9 Å². The average molecular weight is 722 g/mol. The van der Waals surface area contributed by atoms with Gasteiger partial charge in [-0.25, -0.2) is 0 Å². The van der Waals surface area contributed by atoms with E-state index in [0.29, 0.717) is 42.7 Å². The third-order valence-corrected chi connectivity index (χ3v) is 12.4. The van der Waals surface area contributed by atoms with Gasteiger partial charge >= 0.3 is 0 Å². The van der Waals surface area contributed by atoms with Gasteiger partial charge in [-0.2, -0.15) is 12.4 Å². The number of rotatable bonds is 14.